The number of rotatable bonds is 2. The number of halogens is 4. The van der Waals surface area contributed by atoms with Gasteiger partial charge < -0.3 is 0 Å². The van der Waals surface area contributed by atoms with E-state index in [0.29, 0.717) is 0 Å². The summed E-state index contributed by atoms with van der Waals surface area (Å²) in [4.78, 5) is 10.2. The summed E-state index contributed by atoms with van der Waals surface area (Å²) in [5.74, 6) is 0. The molecule has 0 spiro atoms. The number of alkyl halides is 3. The van der Waals surface area contributed by atoms with Gasteiger partial charge in [-0.25, -0.2) is 0 Å². The quantitative estimate of drug-likeness (QED) is 0.612. The first-order valence-corrected chi connectivity index (χ1v) is 6.05. The normalized spacial score (nSPS) is 11.7. The number of aromatic nitrogens is 2. The molecule has 0 atom stereocenters. The summed E-state index contributed by atoms with van der Waals surface area (Å²) < 4.78 is 39.0. The number of nitro benzene ring substituents is 1. The third kappa shape index (κ3) is 2.67. The molecular weight excluding hydrogens is 343 g/mol. The molecule has 0 unspecified atom stereocenters. The standard InChI is InChI=1S/C11H7BrF3N3O2/c1-17-8(5-10(16-17)11(13,14)15)6-2-3-7(12)9(4-6)18(19)20/h2-5H,1H3. The average molecular weight is 350 g/mol. The highest BCUT2D eigenvalue weighted by Gasteiger charge is 2.34. The van der Waals surface area contributed by atoms with E-state index in [9.17, 15) is 23.3 Å². The second-order valence-electron chi connectivity index (χ2n) is 3.96. The van der Waals surface area contributed by atoms with Gasteiger partial charge in [0, 0.05) is 18.7 Å². The van der Waals surface area contributed by atoms with Crippen molar-refractivity contribution in [2.75, 3.05) is 0 Å². The minimum atomic E-state index is -4.56. The van der Waals surface area contributed by atoms with E-state index in [1.54, 1.807) is 0 Å². The fourth-order valence-electron chi connectivity index (χ4n) is 1.69. The number of nitrogens with zero attached hydrogens (tertiary/aromatic N) is 3. The molecule has 5 nitrogen and oxygen atoms in total. The Labute approximate surface area is 119 Å². The monoisotopic (exact) mass is 349 g/mol. The van der Waals surface area contributed by atoms with Gasteiger partial charge in [0.25, 0.3) is 5.69 Å². The van der Waals surface area contributed by atoms with Gasteiger partial charge >= 0.3 is 6.18 Å². The Balaban J connectivity index is 2.55. The van der Waals surface area contributed by atoms with Gasteiger partial charge in [-0.1, -0.05) is 6.07 Å². The van der Waals surface area contributed by atoms with E-state index in [-0.39, 0.29) is 21.4 Å². The predicted molar refractivity (Wildman–Crippen MR) is 68.0 cm³/mol. The number of nitro groups is 1. The molecule has 0 fully saturated rings. The van der Waals surface area contributed by atoms with Gasteiger partial charge in [-0.15, -0.1) is 0 Å². The van der Waals surface area contributed by atoms with Crippen molar-refractivity contribution >= 4 is 21.6 Å². The highest BCUT2D eigenvalue weighted by Crippen LogP contribution is 2.34. The molecule has 0 bridgehead atoms. The minimum absolute atomic E-state index is 0.146. The van der Waals surface area contributed by atoms with Crippen molar-refractivity contribution in [3.8, 4) is 11.3 Å². The zero-order valence-electron chi connectivity index (χ0n) is 9.98. The second-order valence-corrected chi connectivity index (χ2v) is 4.81. The van der Waals surface area contributed by atoms with Crippen molar-refractivity contribution in [2.45, 2.75) is 6.18 Å². The SMILES string of the molecule is Cn1nc(C(F)(F)F)cc1-c1ccc(Br)c([N+](=O)[O-])c1. The summed E-state index contributed by atoms with van der Waals surface area (Å²) in [7, 11) is 1.35. The smallest absolute Gasteiger partial charge is 0.267 e. The van der Waals surface area contributed by atoms with Crippen LogP contribution < -0.4 is 0 Å². The summed E-state index contributed by atoms with van der Waals surface area (Å²) >= 11 is 3.01. The van der Waals surface area contributed by atoms with Crippen molar-refractivity contribution in [1.29, 1.82) is 0 Å². The first-order chi connectivity index (χ1) is 9.20. The number of aryl methyl sites for hydroxylation is 1. The van der Waals surface area contributed by atoms with Gasteiger partial charge in [-0.3, -0.25) is 14.8 Å². The minimum Gasteiger partial charge on any atom is -0.267 e. The summed E-state index contributed by atoms with van der Waals surface area (Å²) in [6.07, 6.45) is -4.56. The highest BCUT2D eigenvalue weighted by atomic mass is 79.9. The van der Waals surface area contributed by atoms with Gasteiger partial charge in [-0.05, 0) is 28.1 Å². The average Bonchev–Trinajstić information content (AvgIpc) is 2.71. The van der Waals surface area contributed by atoms with Crippen LogP contribution in [0.3, 0.4) is 0 Å². The fraction of sp³-hybridized carbons (Fsp3) is 0.182. The van der Waals surface area contributed by atoms with Crippen LogP contribution in [0.1, 0.15) is 5.69 Å². The van der Waals surface area contributed by atoms with Crippen LogP contribution >= 0.6 is 15.9 Å². The topological polar surface area (TPSA) is 61.0 Å². The van der Waals surface area contributed by atoms with Gasteiger partial charge in [-0.2, -0.15) is 18.3 Å². The number of hydrogen-bond donors (Lipinski definition) is 0. The van der Waals surface area contributed by atoms with E-state index >= 15 is 0 Å². The van der Waals surface area contributed by atoms with E-state index in [1.807, 2.05) is 0 Å². The van der Waals surface area contributed by atoms with Crippen LogP contribution in [0.25, 0.3) is 11.3 Å². The van der Waals surface area contributed by atoms with Crippen molar-refractivity contribution in [3.05, 3.63) is 44.5 Å². The summed E-state index contributed by atoms with van der Waals surface area (Å²) in [6, 6.07) is 4.94. The summed E-state index contributed by atoms with van der Waals surface area (Å²) in [5.41, 5.74) is -0.837. The molecule has 1 aromatic carbocycles. The summed E-state index contributed by atoms with van der Waals surface area (Å²) in [5, 5.41) is 14.2. The van der Waals surface area contributed by atoms with Crippen molar-refractivity contribution in [2.24, 2.45) is 7.05 Å². The molecule has 0 saturated heterocycles. The van der Waals surface area contributed by atoms with Gasteiger partial charge in [0.15, 0.2) is 5.69 Å². The molecule has 106 valence electrons. The first kappa shape index (κ1) is 14.5. The molecule has 20 heavy (non-hydrogen) atoms. The number of benzene rings is 1. The lowest BCUT2D eigenvalue weighted by atomic mass is 10.1. The lowest BCUT2D eigenvalue weighted by Crippen LogP contribution is -2.06. The van der Waals surface area contributed by atoms with E-state index in [2.05, 4.69) is 21.0 Å². The molecule has 1 aromatic heterocycles. The van der Waals surface area contributed by atoms with Crippen LogP contribution in [0.5, 0.6) is 0 Å². The number of hydrogen-bond acceptors (Lipinski definition) is 3. The summed E-state index contributed by atoms with van der Waals surface area (Å²) in [6.45, 7) is 0. The maximum absolute atomic E-state index is 12.6. The zero-order valence-corrected chi connectivity index (χ0v) is 11.6. The van der Waals surface area contributed by atoms with Gasteiger partial charge in [0.1, 0.15) is 0 Å². The lowest BCUT2D eigenvalue weighted by Gasteiger charge is -2.02. The molecule has 0 aliphatic carbocycles. The Hall–Kier alpha value is -1.90. The molecule has 0 saturated carbocycles. The van der Waals surface area contributed by atoms with E-state index in [0.717, 1.165) is 10.7 Å². The Morgan fingerprint density at radius 2 is 2.00 bits per heavy atom. The van der Waals surface area contributed by atoms with Gasteiger partial charge in [0.2, 0.25) is 0 Å². The lowest BCUT2D eigenvalue weighted by molar-refractivity contribution is -0.385. The van der Waals surface area contributed by atoms with Gasteiger partial charge in [0.05, 0.1) is 15.1 Å². The Bertz CT molecular complexity index is 682. The van der Waals surface area contributed by atoms with Crippen molar-refractivity contribution in [1.82, 2.24) is 9.78 Å². The Morgan fingerprint density at radius 3 is 2.50 bits per heavy atom. The van der Waals surface area contributed by atoms with Crippen molar-refractivity contribution < 1.29 is 18.1 Å². The molecule has 0 aliphatic heterocycles. The molecule has 0 radical (unpaired) electrons. The highest BCUT2D eigenvalue weighted by molar-refractivity contribution is 9.10. The molecule has 0 N–H and O–H groups in total. The Morgan fingerprint density at radius 1 is 1.35 bits per heavy atom. The maximum atomic E-state index is 12.6. The largest absolute Gasteiger partial charge is 0.435 e. The van der Waals surface area contributed by atoms with Crippen molar-refractivity contribution in [3.63, 3.8) is 0 Å². The van der Waals surface area contributed by atoms with Crippen LogP contribution in [-0.2, 0) is 13.2 Å². The molecular formula is C11H7BrF3N3O2. The fourth-order valence-corrected chi connectivity index (χ4v) is 2.08. The molecule has 0 aliphatic rings. The third-order valence-corrected chi connectivity index (χ3v) is 3.28. The van der Waals surface area contributed by atoms with Crippen LogP contribution in [0.15, 0.2) is 28.7 Å². The molecule has 9 heteroatoms. The van der Waals surface area contributed by atoms with Crippen LogP contribution in [0, 0.1) is 10.1 Å². The Kier molecular flexibility index (Phi) is 3.55. The van der Waals surface area contributed by atoms with Crippen LogP contribution in [0.4, 0.5) is 18.9 Å². The molecule has 2 rings (SSSR count). The second kappa shape index (κ2) is 4.89. The van der Waals surface area contributed by atoms with Crippen LogP contribution in [-0.4, -0.2) is 14.7 Å². The maximum Gasteiger partial charge on any atom is 0.435 e. The van der Waals surface area contributed by atoms with E-state index in [1.165, 1.54) is 25.2 Å². The molecule has 2 aromatic rings. The van der Waals surface area contributed by atoms with E-state index in [4.69, 9.17) is 0 Å². The zero-order chi connectivity index (χ0) is 15.1. The first-order valence-electron chi connectivity index (χ1n) is 5.25. The third-order valence-electron chi connectivity index (χ3n) is 2.61. The molecule has 0 amide bonds. The molecule has 1 heterocycles. The van der Waals surface area contributed by atoms with Crippen LogP contribution in [0.2, 0.25) is 0 Å². The van der Waals surface area contributed by atoms with E-state index < -0.39 is 16.8 Å². The predicted octanol–water partition coefficient (Wildman–Crippen LogP) is 3.78.